The van der Waals surface area contributed by atoms with Gasteiger partial charge in [-0.3, -0.25) is 9.52 Å². The zero-order valence-corrected chi connectivity index (χ0v) is 18.5. The highest BCUT2D eigenvalue weighted by molar-refractivity contribution is 7.92. The van der Waals surface area contributed by atoms with Crippen LogP contribution in [-0.4, -0.2) is 14.3 Å². The number of carbonyl (C=O) groups is 1. The maximum absolute atomic E-state index is 13.2. The lowest BCUT2D eigenvalue weighted by Gasteiger charge is -2.14. The van der Waals surface area contributed by atoms with Crippen molar-refractivity contribution in [2.75, 3.05) is 10.0 Å². The van der Waals surface area contributed by atoms with Gasteiger partial charge in [0.05, 0.1) is 16.3 Å². The molecule has 0 atom stereocenters. The van der Waals surface area contributed by atoms with Gasteiger partial charge in [0.25, 0.3) is 15.9 Å². The summed E-state index contributed by atoms with van der Waals surface area (Å²) in [4.78, 5) is 12.2. The molecule has 0 heterocycles. The van der Waals surface area contributed by atoms with Crippen LogP contribution in [0.1, 0.15) is 27.0 Å². The number of hydrogen-bond donors (Lipinski definition) is 2. The summed E-state index contributed by atoms with van der Waals surface area (Å²) >= 11 is 6.05. The van der Waals surface area contributed by atoms with Crippen molar-refractivity contribution in [3.63, 3.8) is 0 Å². The van der Waals surface area contributed by atoms with Crippen LogP contribution in [0.4, 0.5) is 24.5 Å². The summed E-state index contributed by atoms with van der Waals surface area (Å²) < 4.78 is 67.7. The molecule has 0 saturated carbocycles. The van der Waals surface area contributed by atoms with E-state index in [0.29, 0.717) is 5.69 Å². The Hall–Kier alpha value is -3.04. The molecular weight excluding hydrogens is 465 g/mol. The van der Waals surface area contributed by atoms with Crippen LogP contribution < -0.4 is 10.0 Å². The minimum Gasteiger partial charge on any atom is -0.321 e. The van der Waals surface area contributed by atoms with Gasteiger partial charge < -0.3 is 5.32 Å². The Balaban J connectivity index is 1.92. The second-order valence-corrected chi connectivity index (χ2v) is 9.11. The molecule has 0 radical (unpaired) electrons. The summed E-state index contributed by atoms with van der Waals surface area (Å²) in [6.07, 6.45) is -4.67. The van der Waals surface area contributed by atoms with Gasteiger partial charge in [0.2, 0.25) is 0 Å². The molecule has 0 aliphatic carbocycles. The van der Waals surface area contributed by atoms with Gasteiger partial charge in [-0.25, -0.2) is 8.42 Å². The van der Waals surface area contributed by atoms with E-state index in [1.165, 1.54) is 24.3 Å². The first kappa shape index (κ1) is 23.6. The highest BCUT2D eigenvalue weighted by Crippen LogP contribution is 2.35. The molecule has 1 amide bonds. The van der Waals surface area contributed by atoms with Gasteiger partial charge in [-0.05, 0) is 67.4 Å². The zero-order chi connectivity index (χ0) is 23.7. The fourth-order valence-electron chi connectivity index (χ4n) is 2.90. The highest BCUT2D eigenvalue weighted by atomic mass is 35.5. The second-order valence-electron chi connectivity index (χ2n) is 7.05. The van der Waals surface area contributed by atoms with E-state index in [-0.39, 0.29) is 15.5 Å². The number of nitrogens with one attached hydrogen (secondary N) is 2. The molecule has 32 heavy (non-hydrogen) atoms. The third kappa shape index (κ3) is 5.23. The third-order valence-corrected chi connectivity index (χ3v) is 6.59. The van der Waals surface area contributed by atoms with Crippen molar-refractivity contribution in [2.24, 2.45) is 0 Å². The number of amides is 1. The molecule has 3 rings (SSSR count). The SMILES string of the molecule is Cc1ccc(NS(=O)(=O)c2cc(C(=O)Nc3ccccc3C(F)(F)F)ccc2Cl)cc1C. The summed E-state index contributed by atoms with van der Waals surface area (Å²) in [5.41, 5.74) is 0.505. The van der Waals surface area contributed by atoms with Gasteiger partial charge in [0.15, 0.2) is 0 Å². The van der Waals surface area contributed by atoms with E-state index in [1.54, 1.807) is 18.2 Å². The first-order chi connectivity index (χ1) is 14.9. The lowest BCUT2D eigenvalue weighted by atomic mass is 10.1. The Morgan fingerprint density at radius 3 is 2.28 bits per heavy atom. The Kier molecular flexibility index (Phi) is 6.52. The number of sulfonamides is 1. The normalized spacial score (nSPS) is 11.8. The first-order valence-electron chi connectivity index (χ1n) is 9.26. The van der Waals surface area contributed by atoms with Crippen LogP contribution in [0.25, 0.3) is 0 Å². The van der Waals surface area contributed by atoms with Crippen LogP contribution in [-0.2, 0) is 16.2 Å². The number of benzene rings is 3. The molecule has 0 aliphatic rings. The Labute approximate surface area is 188 Å². The van der Waals surface area contributed by atoms with E-state index in [1.807, 2.05) is 13.8 Å². The van der Waals surface area contributed by atoms with Crippen molar-refractivity contribution in [3.8, 4) is 0 Å². The van der Waals surface area contributed by atoms with Gasteiger partial charge >= 0.3 is 6.18 Å². The van der Waals surface area contributed by atoms with Crippen LogP contribution in [0, 0.1) is 13.8 Å². The fourth-order valence-corrected chi connectivity index (χ4v) is 4.48. The summed E-state index contributed by atoms with van der Waals surface area (Å²) in [6, 6.07) is 12.9. The summed E-state index contributed by atoms with van der Waals surface area (Å²) in [6.45, 7) is 3.70. The molecule has 0 unspecified atom stereocenters. The van der Waals surface area contributed by atoms with Crippen molar-refractivity contribution in [2.45, 2.75) is 24.9 Å². The number of anilines is 2. The predicted octanol–water partition coefficient (Wildman–Crippen LogP) is 6.03. The average molecular weight is 483 g/mol. The maximum atomic E-state index is 13.2. The zero-order valence-electron chi connectivity index (χ0n) is 16.9. The molecule has 0 spiro atoms. The number of aryl methyl sites for hydroxylation is 2. The van der Waals surface area contributed by atoms with Gasteiger partial charge in [-0.1, -0.05) is 29.8 Å². The number of alkyl halides is 3. The van der Waals surface area contributed by atoms with E-state index >= 15 is 0 Å². The molecule has 10 heteroatoms. The molecule has 3 aromatic carbocycles. The van der Waals surface area contributed by atoms with Crippen molar-refractivity contribution in [3.05, 3.63) is 87.9 Å². The number of carbonyl (C=O) groups excluding carboxylic acids is 1. The molecule has 0 saturated heterocycles. The van der Waals surface area contributed by atoms with E-state index in [2.05, 4.69) is 10.0 Å². The molecule has 5 nitrogen and oxygen atoms in total. The van der Waals surface area contributed by atoms with Crippen molar-refractivity contribution >= 4 is 38.9 Å². The summed E-state index contributed by atoms with van der Waals surface area (Å²) in [7, 11) is -4.18. The predicted molar refractivity (Wildman–Crippen MR) is 118 cm³/mol. The van der Waals surface area contributed by atoms with Gasteiger partial charge in [-0.2, -0.15) is 13.2 Å². The van der Waals surface area contributed by atoms with Gasteiger partial charge in [0, 0.05) is 11.3 Å². The van der Waals surface area contributed by atoms with E-state index in [0.717, 1.165) is 29.3 Å². The Morgan fingerprint density at radius 2 is 1.62 bits per heavy atom. The molecule has 0 aliphatic heterocycles. The Morgan fingerprint density at radius 1 is 0.938 bits per heavy atom. The van der Waals surface area contributed by atoms with Crippen LogP contribution in [0.3, 0.4) is 0 Å². The number of para-hydroxylation sites is 1. The molecule has 0 aromatic heterocycles. The van der Waals surface area contributed by atoms with E-state index < -0.39 is 33.4 Å². The largest absolute Gasteiger partial charge is 0.418 e. The summed E-state index contributed by atoms with van der Waals surface area (Å²) in [5, 5.41) is 2.03. The minimum absolute atomic E-state index is 0.145. The summed E-state index contributed by atoms with van der Waals surface area (Å²) in [5.74, 6) is -0.916. The van der Waals surface area contributed by atoms with Crippen molar-refractivity contribution < 1.29 is 26.4 Å². The number of hydrogen-bond acceptors (Lipinski definition) is 3. The number of halogens is 4. The number of rotatable bonds is 5. The molecular formula is C22H18ClF3N2O3S. The molecule has 3 aromatic rings. The second kappa shape index (κ2) is 8.84. The minimum atomic E-state index is -4.67. The molecule has 0 fully saturated rings. The molecule has 0 bridgehead atoms. The quantitative estimate of drug-likeness (QED) is 0.466. The van der Waals surface area contributed by atoms with E-state index in [9.17, 15) is 26.4 Å². The van der Waals surface area contributed by atoms with Crippen LogP contribution in [0.2, 0.25) is 5.02 Å². The van der Waals surface area contributed by atoms with Crippen molar-refractivity contribution in [1.82, 2.24) is 0 Å². The highest BCUT2D eigenvalue weighted by Gasteiger charge is 2.33. The van der Waals surface area contributed by atoms with Crippen molar-refractivity contribution in [1.29, 1.82) is 0 Å². The smallest absolute Gasteiger partial charge is 0.321 e. The monoisotopic (exact) mass is 482 g/mol. The fraction of sp³-hybridized carbons (Fsp3) is 0.136. The van der Waals surface area contributed by atoms with E-state index in [4.69, 9.17) is 11.6 Å². The topological polar surface area (TPSA) is 75.3 Å². The maximum Gasteiger partial charge on any atom is 0.418 e. The van der Waals surface area contributed by atoms with Crippen LogP contribution >= 0.6 is 11.6 Å². The lowest BCUT2D eigenvalue weighted by Crippen LogP contribution is -2.18. The molecule has 168 valence electrons. The standard InChI is InChI=1S/C22H18ClF3N2O3S/c1-13-7-9-16(11-14(13)2)28-32(30,31)20-12-15(8-10-18(20)23)21(29)27-19-6-4-3-5-17(19)22(24,25)26/h3-12,28H,1-2H3,(H,27,29). The molecule has 2 N–H and O–H groups in total. The van der Waals surface area contributed by atoms with Crippen LogP contribution in [0.5, 0.6) is 0 Å². The lowest BCUT2D eigenvalue weighted by molar-refractivity contribution is -0.136. The van der Waals surface area contributed by atoms with Gasteiger partial charge in [0.1, 0.15) is 4.90 Å². The van der Waals surface area contributed by atoms with Crippen LogP contribution in [0.15, 0.2) is 65.6 Å². The third-order valence-electron chi connectivity index (χ3n) is 4.72. The Bertz CT molecular complexity index is 1290. The average Bonchev–Trinajstić information content (AvgIpc) is 2.70. The first-order valence-corrected chi connectivity index (χ1v) is 11.1. The van der Waals surface area contributed by atoms with Gasteiger partial charge in [-0.15, -0.1) is 0 Å².